The van der Waals surface area contributed by atoms with Gasteiger partial charge in [0, 0.05) is 6.08 Å². The fourth-order valence-corrected chi connectivity index (χ4v) is 4.78. The fourth-order valence-electron chi connectivity index (χ4n) is 2.81. The minimum absolute atomic E-state index is 0.292. The van der Waals surface area contributed by atoms with Crippen LogP contribution in [0.1, 0.15) is 71.1 Å². The molecule has 133 valence electrons. The number of carbonyl (C=O) groups is 1. The van der Waals surface area contributed by atoms with E-state index in [0.29, 0.717) is 0 Å². The predicted octanol–water partition coefficient (Wildman–Crippen LogP) is 5.54. The van der Waals surface area contributed by atoms with Crippen LogP contribution in [-0.2, 0) is 9.22 Å². The average Bonchev–Trinajstić information content (AvgIpc) is 2.62. The van der Waals surface area contributed by atoms with E-state index >= 15 is 0 Å². The third-order valence-corrected chi connectivity index (χ3v) is 6.48. The van der Waals surface area contributed by atoms with E-state index in [4.69, 9.17) is 4.43 Å². The molecular formula is C21H33O2Si. The first-order chi connectivity index (χ1) is 11.8. The maximum Gasteiger partial charge on any atom is 0.320 e. The number of rotatable bonds is 14. The van der Waals surface area contributed by atoms with E-state index in [1.54, 1.807) is 0 Å². The lowest BCUT2D eigenvalue weighted by atomic mass is 10.1. The molecule has 1 radical (unpaired) electrons. The van der Waals surface area contributed by atoms with Gasteiger partial charge in [-0.05, 0) is 11.2 Å². The van der Waals surface area contributed by atoms with Crippen molar-refractivity contribution in [3.8, 4) is 0 Å². The predicted molar refractivity (Wildman–Crippen MR) is 105 cm³/mol. The molecule has 0 heterocycles. The second-order valence-corrected chi connectivity index (χ2v) is 8.47. The molecule has 0 saturated heterocycles. The van der Waals surface area contributed by atoms with Crippen LogP contribution >= 0.6 is 0 Å². The zero-order chi connectivity index (χ0) is 17.5. The van der Waals surface area contributed by atoms with Crippen molar-refractivity contribution in [2.75, 3.05) is 0 Å². The molecule has 1 rings (SSSR count). The van der Waals surface area contributed by atoms with E-state index < -0.39 is 9.04 Å². The molecule has 1 aromatic carbocycles. The van der Waals surface area contributed by atoms with Crippen LogP contribution in [0.15, 0.2) is 43.0 Å². The molecule has 0 spiro atoms. The molecule has 0 N–H and O–H groups in total. The van der Waals surface area contributed by atoms with Crippen molar-refractivity contribution in [3.05, 3.63) is 43.0 Å². The summed E-state index contributed by atoms with van der Waals surface area (Å²) in [4.78, 5) is 11.6. The Labute approximate surface area is 150 Å². The molecule has 0 bridgehead atoms. The van der Waals surface area contributed by atoms with Gasteiger partial charge in [0.05, 0.1) is 0 Å². The van der Waals surface area contributed by atoms with Crippen molar-refractivity contribution < 1.29 is 9.22 Å². The van der Waals surface area contributed by atoms with Gasteiger partial charge < -0.3 is 4.43 Å². The van der Waals surface area contributed by atoms with E-state index in [9.17, 15) is 4.79 Å². The van der Waals surface area contributed by atoms with E-state index in [1.807, 2.05) is 18.2 Å². The lowest BCUT2D eigenvalue weighted by Gasteiger charge is -2.14. The summed E-state index contributed by atoms with van der Waals surface area (Å²) >= 11 is 0. The molecule has 0 aliphatic rings. The molecule has 0 fully saturated rings. The van der Waals surface area contributed by atoms with Gasteiger partial charge >= 0.3 is 15.0 Å². The van der Waals surface area contributed by atoms with Crippen LogP contribution in [-0.4, -0.2) is 15.0 Å². The third kappa shape index (κ3) is 9.71. The first-order valence-corrected chi connectivity index (χ1v) is 11.1. The minimum Gasteiger partial charge on any atom is -0.510 e. The molecule has 2 nitrogen and oxygen atoms in total. The molecule has 24 heavy (non-hydrogen) atoms. The Morgan fingerprint density at radius 2 is 1.50 bits per heavy atom. The summed E-state index contributed by atoms with van der Waals surface area (Å²) in [6.45, 7) is 5.77. The molecule has 3 heteroatoms. The highest BCUT2D eigenvalue weighted by molar-refractivity contribution is 6.68. The van der Waals surface area contributed by atoms with Gasteiger partial charge in [-0.1, -0.05) is 108 Å². The summed E-state index contributed by atoms with van der Waals surface area (Å²) in [6.07, 6.45) is 14.5. The standard InChI is InChI=1S/C21H33O2Si/c1-3-5-6-7-8-9-10-11-12-16-19-24(23-21(22)4-2)20-17-14-13-15-18-20/h4,13-15,17-18H,2-3,5-12,16,19H2,1H3. The van der Waals surface area contributed by atoms with Gasteiger partial charge in [0.1, 0.15) is 0 Å². The normalized spacial score (nSPS) is 10.8. The Kier molecular flexibility index (Phi) is 12.1. The minimum atomic E-state index is -1.26. The molecule has 0 aromatic heterocycles. The van der Waals surface area contributed by atoms with Crippen molar-refractivity contribution in [2.45, 2.75) is 77.2 Å². The molecule has 0 saturated carbocycles. The van der Waals surface area contributed by atoms with E-state index in [-0.39, 0.29) is 5.97 Å². The van der Waals surface area contributed by atoms with Gasteiger partial charge in [0.25, 0.3) is 0 Å². The van der Waals surface area contributed by atoms with Crippen molar-refractivity contribution in [2.24, 2.45) is 0 Å². The van der Waals surface area contributed by atoms with Crippen LogP contribution in [0.2, 0.25) is 6.04 Å². The Balaban J connectivity index is 2.19. The molecule has 0 atom stereocenters. The first-order valence-electron chi connectivity index (χ1n) is 9.53. The lowest BCUT2D eigenvalue weighted by molar-refractivity contribution is -0.129. The van der Waals surface area contributed by atoms with Crippen LogP contribution in [0, 0.1) is 0 Å². The summed E-state index contributed by atoms with van der Waals surface area (Å²) in [6, 6.07) is 11.2. The van der Waals surface area contributed by atoms with Crippen molar-refractivity contribution >= 4 is 20.2 Å². The molecule has 0 amide bonds. The Hall–Kier alpha value is -1.35. The average molecular weight is 346 g/mol. The van der Waals surface area contributed by atoms with E-state index in [0.717, 1.165) is 12.5 Å². The largest absolute Gasteiger partial charge is 0.510 e. The topological polar surface area (TPSA) is 26.3 Å². The van der Waals surface area contributed by atoms with E-state index in [2.05, 4.69) is 25.6 Å². The number of hydrogen-bond donors (Lipinski definition) is 0. The maximum atomic E-state index is 11.6. The van der Waals surface area contributed by atoms with Crippen LogP contribution in [0.3, 0.4) is 0 Å². The second kappa shape index (κ2) is 14.0. The summed E-state index contributed by atoms with van der Waals surface area (Å²) < 4.78 is 5.61. The van der Waals surface area contributed by atoms with Crippen LogP contribution in [0.5, 0.6) is 0 Å². The van der Waals surface area contributed by atoms with Gasteiger partial charge in [0.15, 0.2) is 0 Å². The fraction of sp³-hybridized carbons (Fsp3) is 0.571. The van der Waals surface area contributed by atoms with Gasteiger partial charge in [-0.2, -0.15) is 0 Å². The van der Waals surface area contributed by atoms with Crippen LogP contribution < -0.4 is 5.19 Å². The van der Waals surface area contributed by atoms with Crippen molar-refractivity contribution in [1.29, 1.82) is 0 Å². The van der Waals surface area contributed by atoms with Gasteiger partial charge in [-0.3, -0.25) is 0 Å². The number of unbranched alkanes of at least 4 members (excludes halogenated alkanes) is 9. The van der Waals surface area contributed by atoms with Crippen LogP contribution in [0.25, 0.3) is 0 Å². The third-order valence-electron chi connectivity index (χ3n) is 4.24. The molecule has 1 aromatic rings. The quantitative estimate of drug-likeness (QED) is 0.251. The van der Waals surface area contributed by atoms with Crippen LogP contribution in [0.4, 0.5) is 0 Å². The van der Waals surface area contributed by atoms with Crippen molar-refractivity contribution in [3.63, 3.8) is 0 Å². The SMILES string of the molecule is C=CC(=O)O[Si](CCCCCCCCCCCC)c1ccccc1. The Morgan fingerprint density at radius 3 is 2.04 bits per heavy atom. The molecule has 0 aliphatic heterocycles. The highest BCUT2D eigenvalue weighted by atomic mass is 28.3. The zero-order valence-electron chi connectivity index (χ0n) is 15.3. The molecular weight excluding hydrogens is 312 g/mol. The first kappa shape index (κ1) is 20.7. The zero-order valence-corrected chi connectivity index (χ0v) is 16.3. The molecule has 0 aliphatic carbocycles. The lowest BCUT2D eigenvalue weighted by Crippen LogP contribution is -2.35. The summed E-state index contributed by atoms with van der Waals surface area (Å²) in [5.41, 5.74) is 0. The van der Waals surface area contributed by atoms with E-state index in [1.165, 1.54) is 69.1 Å². The smallest absolute Gasteiger partial charge is 0.320 e. The van der Waals surface area contributed by atoms with Gasteiger partial charge in [-0.25, -0.2) is 4.79 Å². The number of benzene rings is 1. The Bertz CT molecular complexity index is 444. The second-order valence-electron chi connectivity index (χ2n) is 6.35. The van der Waals surface area contributed by atoms with Crippen molar-refractivity contribution in [1.82, 2.24) is 0 Å². The summed E-state index contributed by atoms with van der Waals surface area (Å²) in [5, 5.41) is 1.17. The monoisotopic (exact) mass is 345 g/mol. The highest BCUT2D eigenvalue weighted by Gasteiger charge is 2.19. The van der Waals surface area contributed by atoms with Gasteiger partial charge in [0.2, 0.25) is 0 Å². The maximum absolute atomic E-state index is 11.6. The number of carbonyl (C=O) groups excluding carboxylic acids is 1. The van der Waals surface area contributed by atoms with Gasteiger partial charge in [-0.15, -0.1) is 0 Å². The summed E-state index contributed by atoms with van der Waals surface area (Å²) in [5.74, 6) is -0.292. The highest BCUT2D eigenvalue weighted by Crippen LogP contribution is 2.13. The summed E-state index contributed by atoms with van der Waals surface area (Å²) in [7, 11) is -1.26. The Morgan fingerprint density at radius 1 is 0.958 bits per heavy atom. The number of hydrogen-bond acceptors (Lipinski definition) is 2. The molecule has 0 unspecified atom stereocenters.